The molecular weight excluding hydrogens is 334 g/mol. The summed E-state index contributed by atoms with van der Waals surface area (Å²) in [7, 11) is 0. The van der Waals surface area contributed by atoms with Crippen molar-refractivity contribution in [3.05, 3.63) is 60.3 Å². The van der Waals surface area contributed by atoms with Crippen LogP contribution >= 0.6 is 0 Å². The maximum Gasteiger partial charge on any atom is 0.292 e. The van der Waals surface area contributed by atoms with Gasteiger partial charge in [0.2, 0.25) is 5.76 Å². The highest BCUT2D eigenvalue weighted by Crippen LogP contribution is 2.22. The topological polar surface area (TPSA) is 86.3 Å². The van der Waals surface area contributed by atoms with E-state index >= 15 is 0 Å². The monoisotopic (exact) mass is 353 g/mol. The van der Waals surface area contributed by atoms with Gasteiger partial charge in [-0.15, -0.1) is 0 Å². The first-order chi connectivity index (χ1) is 12.7. The fourth-order valence-electron chi connectivity index (χ4n) is 3.10. The Labute approximate surface area is 150 Å². The number of amides is 1. The van der Waals surface area contributed by atoms with Crippen LogP contribution in [0.15, 0.2) is 47.6 Å². The summed E-state index contributed by atoms with van der Waals surface area (Å²) in [6, 6.07) is 5.48. The third kappa shape index (κ3) is 3.17. The number of aryl methyl sites for hydroxylation is 2. The molecule has 0 saturated carbocycles. The zero-order valence-corrected chi connectivity index (χ0v) is 14.4. The van der Waals surface area contributed by atoms with E-state index in [9.17, 15) is 4.79 Å². The molecule has 8 nitrogen and oxygen atoms in total. The first-order valence-corrected chi connectivity index (χ1v) is 8.47. The highest BCUT2D eigenvalue weighted by Gasteiger charge is 2.31. The number of hydrogen-bond donors (Lipinski definition) is 0. The molecule has 134 valence electrons. The quantitative estimate of drug-likeness (QED) is 0.714. The molecule has 8 heteroatoms. The Balaban J connectivity index is 1.58. The lowest BCUT2D eigenvalue weighted by atomic mass is 10.1. The number of carbonyl (C=O) groups is 1. The number of carbonyl (C=O) groups excluding carboxylic acids is 1. The van der Waals surface area contributed by atoms with Crippen LogP contribution < -0.4 is 4.74 Å². The Hall–Kier alpha value is -3.16. The van der Waals surface area contributed by atoms with Gasteiger partial charge in [0.25, 0.3) is 5.91 Å². The van der Waals surface area contributed by atoms with Gasteiger partial charge in [-0.05, 0) is 31.5 Å². The predicted octanol–water partition coefficient (Wildman–Crippen LogP) is 2.07. The van der Waals surface area contributed by atoms with E-state index in [1.54, 1.807) is 30.4 Å². The van der Waals surface area contributed by atoms with Gasteiger partial charge < -0.3 is 14.1 Å². The zero-order chi connectivity index (χ0) is 17.9. The van der Waals surface area contributed by atoms with Crippen LogP contribution in [0.3, 0.4) is 0 Å². The molecule has 4 rings (SSSR count). The number of ether oxygens (including phenoxy) is 1. The number of oxazole rings is 1. The van der Waals surface area contributed by atoms with Crippen molar-refractivity contribution >= 4 is 5.91 Å². The van der Waals surface area contributed by atoms with Crippen molar-refractivity contribution < 1.29 is 13.9 Å². The van der Waals surface area contributed by atoms with Gasteiger partial charge in [-0.1, -0.05) is 0 Å². The molecule has 3 aromatic heterocycles. The van der Waals surface area contributed by atoms with Crippen LogP contribution in [0, 0.1) is 6.92 Å². The minimum absolute atomic E-state index is 0.117. The molecular formula is C18H19N5O3. The van der Waals surface area contributed by atoms with Crippen molar-refractivity contribution in [1.29, 1.82) is 0 Å². The Kier molecular flexibility index (Phi) is 4.39. The van der Waals surface area contributed by atoms with Crippen LogP contribution in [-0.2, 0) is 13.1 Å². The van der Waals surface area contributed by atoms with Gasteiger partial charge in [-0.2, -0.15) is 5.10 Å². The molecule has 0 fully saturated rings. The number of pyridine rings is 1. The molecule has 0 bridgehead atoms. The number of fused-ring (bicyclic) bond motifs is 1. The normalized spacial score (nSPS) is 16.8. The third-order valence-corrected chi connectivity index (χ3v) is 4.53. The number of hydrogen-bond acceptors (Lipinski definition) is 6. The average Bonchev–Trinajstić information content (AvgIpc) is 3.25. The minimum atomic E-state index is -0.186. The van der Waals surface area contributed by atoms with Crippen molar-refractivity contribution in [3.8, 4) is 5.75 Å². The lowest BCUT2D eigenvalue weighted by molar-refractivity contribution is 0.0556. The maximum absolute atomic E-state index is 13.1. The highest BCUT2D eigenvalue weighted by atomic mass is 16.5. The van der Waals surface area contributed by atoms with Crippen molar-refractivity contribution in [2.24, 2.45) is 0 Å². The SMILES string of the molecule is Cc1ncoc1C(=O)N1Cc2ccnn2CCC1COc1cccnc1. The molecule has 1 amide bonds. The lowest BCUT2D eigenvalue weighted by Gasteiger charge is -2.29. The van der Waals surface area contributed by atoms with Gasteiger partial charge in [-0.3, -0.25) is 14.5 Å². The first kappa shape index (κ1) is 16.3. The summed E-state index contributed by atoms with van der Waals surface area (Å²) in [6.45, 7) is 3.30. The van der Waals surface area contributed by atoms with Gasteiger partial charge in [0, 0.05) is 18.9 Å². The molecule has 0 saturated heterocycles. The van der Waals surface area contributed by atoms with E-state index in [2.05, 4.69) is 15.1 Å². The van der Waals surface area contributed by atoms with Crippen LogP contribution in [0.1, 0.15) is 28.4 Å². The molecule has 4 heterocycles. The fraction of sp³-hybridized carbons (Fsp3) is 0.333. The van der Waals surface area contributed by atoms with Crippen LogP contribution in [-0.4, -0.2) is 43.2 Å². The molecule has 0 spiro atoms. The summed E-state index contributed by atoms with van der Waals surface area (Å²) in [5.41, 5.74) is 1.57. The van der Waals surface area contributed by atoms with Gasteiger partial charge in [-0.25, -0.2) is 4.98 Å². The third-order valence-electron chi connectivity index (χ3n) is 4.53. The molecule has 1 aliphatic heterocycles. The lowest BCUT2D eigenvalue weighted by Crippen LogP contribution is -2.42. The highest BCUT2D eigenvalue weighted by molar-refractivity contribution is 5.92. The summed E-state index contributed by atoms with van der Waals surface area (Å²) in [5.74, 6) is 0.761. The molecule has 0 aliphatic carbocycles. The second-order valence-corrected chi connectivity index (χ2v) is 6.19. The van der Waals surface area contributed by atoms with E-state index in [0.29, 0.717) is 24.6 Å². The van der Waals surface area contributed by atoms with Gasteiger partial charge in [0.15, 0.2) is 6.39 Å². The largest absolute Gasteiger partial charge is 0.490 e. The van der Waals surface area contributed by atoms with Crippen LogP contribution in [0.25, 0.3) is 0 Å². The zero-order valence-electron chi connectivity index (χ0n) is 14.4. The van der Waals surface area contributed by atoms with E-state index in [1.165, 1.54) is 6.39 Å². The molecule has 26 heavy (non-hydrogen) atoms. The molecule has 0 aromatic carbocycles. The van der Waals surface area contributed by atoms with E-state index in [-0.39, 0.29) is 17.7 Å². The fourth-order valence-corrected chi connectivity index (χ4v) is 3.10. The molecule has 1 unspecified atom stereocenters. The summed E-state index contributed by atoms with van der Waals surface area (Å²) in [4.78, 5) is 23.0. The second-order valence-electron chi connectivity index (χ2n) is 6.19. The van der Waals surface area contributed by atoms with Crippen LogP contribution in [0.5, 0.6) is 5.75 Å². The molecule has 3 aromatic rings. The Morgan fingerprint density at radius 1 is 1.38 bits per heavy atom. The van der Waals surface area contributed by atoms with Crippen molar-refractivity contribution in [2.75, 3.05) is 6.61 Å². The van der Waals surface area contributed by atoms with Gasteiger partial charge >= 0.3 is 0 Å². The smallest absolute Gasteiger partial charge is 0.292 e. The average molecular weight is 353 g/mol. The molecule has 0 N–H and O–H groups in total. The minimum Gasteiger partial charge on any atom is -0.490 e. The van der Waals surface area contributed by atoms with Crippen LogP contribution in [0.4, 0.5) is 0 Å². The Bertz CT molecular complexity index is 889. The Morgan fingerprint density at radius 3 is 3.08 bits per heavy atom. The molecule has 0 radical (unpaired) electrons. The number of rotatable bonds is 4. The Morgan fingerprint density at radius 2 is 2.31 bits per heavy atom. The number of aromatic nitrogens is 4. The molecule has 1 atom stereocenters. The van der Waals surface area contributed by atoms with E-state index < -0.39 is 0 Å². The summed E-state index contributed by atoms with van der Waals surface area (Å²) in [6.07, 6.45) is 7.14. The maximum atomic E-state index is 13.1. The number of nitrogens with zero attached hydrogens (tertiary/aromatic N) is 5. The van der Waals surface area contributed by atoms with Gasteiger partial charge in [0.05, 0.1) is 30.2 Å². The van der Waals surface area contributed by atoms with Gasteiger partial charge in [0.1, 0.15) is 12.4 Å². The predicted molar refractivity (Wildman–Crippen MR) is 91.5 cm³/mol. The second kappa shape index (κ2) is 6.99. The van der Waals surface area contributed by atoms with E-state index in [1.807, 2.05) is 22.9 Å². The van der Waals surface area contributed by atoms with Crippen LogP contribution in [0.2, 0.25) is 0 Å². The van der Waals surface area contributed by atoms with Crippen molar-refractivity contribution in [1.82, 2.24) is 24.6 Å². The summed E-state index contributed by atoms with van der Waals surface area (Å²) < 4.78 is 13.1. The van der Waals surface area contributed by atoms with E-state index in [4.69, 9.17) is 9.15 Å². The standard InChI is InChI=1S/C18H19N5O3/c1-13-17(26-12-20-13)18(24)22-10-14-4-7-21-23(14)8-5-15(22)11-25-16-3-2-6-19-9-16/h2-4,6-7,9,12,15H,5,8,10-11H2,1H3. The summed E-state index contributed by atoms with van der Waals surface area (Å²) >= 11 is 0. The molecule has 1 aliphatic rings. The summed E-state index contributed by atoms with van der Waals surface area (Å²) in [5, 5.41) is 4.34. The first-order valence-electron chi connectivity index (χ1n) is 8.47. The van der Waals surface area contributed by atoms with E-state index in [0.717, 1.165) is 18.7 Å². The van der Waals surface area contributed by atoms with Crippen molar-refractivity contribution in [3.63, 3.8) is 0 Å². The van der Waals surface area contributed by atoms with Crippen molar-refractivity contribution in [2.45, 2.75) is 32.5 Å².